The highest BCUT2D eigenvalue weighted by molar-refractivity contribution is 7.98. The van der Waals surface area contributed by atoms with E-state index in [4.69, 9.17) is 34.8 Å². The standard InChI is InChI=1S/C18H19Cl3N2OS/c1-11(23(2)10-12-4-6-13(25-3)7-5-12)18(24)22-17-9-15(20)14(19)8-16(17)21/h4-9,11H,10H2,1-3H3,(H,22,24)/p+1/t11-/m1/s1. The Kier molecular flexibility index (Phi) is 7.47. The fourth-order valence-corrected chi connectivity index (χ4v) is 3.30. The molecule has 25 heavy (non-hydrogen) atoms. The topological polar surface area (TPSA) is 33.5 Å². The van der Waals surface area contributed by atoms with Crippen molar-refractivity contribution >= 4 is 58.2 Å². The monoisotopic (exact) mass is 417 g/mol. The molecule has 7 heteroatoms. The second-order valence-corrected chi connectivity index (χ2v) is 7.93. The molecule has 0 saturated carbocycles. The quantitative estimate of drug-likeness (QED) is 0.538. The lowest BCUT2D eigenvalue weighted by atomic mass is 10.2. The molecular weight excluding hydrogens is 399 g/mol. The maximum absolute atomic E-state index is 12.5. The summed E-state index contributed by atoms with van der Waals surface area (Å²) in [6, 6.07) is 11.2. The number of halogens is 3. The lowest BCUT2D eigenvalue weighted by molar-refractivity contribution is -0.907. The van der Waals surface area contributed by atoms with Gasteiger partial charge in [0.15, 0.2) is 6.04 Å². The zero-order valence-electron chi connectivity index (χ0n) is 14.2. The average molecular weight is 419 g/mol. The van der Waals surface area contributed by atoms with Crippen LogP contribution in [0.2, 0.25) is 15.1 Å². The molecule has 134 valence electrons. The largest absolute Gasteiger partial charge is 0.324 e. The SMILES string of the molecule is CSc1ccc(C[NH+](C)[C@H](C)C(=O)Nc2cc(Cl)c(Cl)cc2Cl)cc1. The van der Waals surface area contributed by atoms with Gasteiger partial charge in [-0.1, -0.05) is 46.9 Å². The molecule has 0 spiro atoms. The summed E-state index contributed by atoms with van der Waals surface area (Å²) in [5, 5.41) is 3.89. The number of rotatable bonds is 6. The van der Waals surface area contributed by atoms with Crippen molar-refractivity contribution in [3.05, 3.63) is 57.0 Å². The van der Waals surface area contributed by atoms with Gasteiger partial charge in [0.2, 0.25) is 0 Å². The number of nitrogens with one attached hydrogen (secondary N) is 2. The predicted molar refractivity (Wildman–Crippen MR) is 108 cm³/mol. The number of carbonyl (C=O) groups excluding carboxylic acids is 1. The summed E-state index contributed by atoms with van der Waals surface area (Å²) in [4.78, 5) is 14.8. The van der Waals surface area contributed by atoms with Crippen molar-refractivity contribution in [3.8, 4) is 0 Å². The van der Waals surface area contributed by atoms with Gasteiger partial charge in [-0.05, 0) is 37.4 Å². The van der Waals surface area contributed by atoms with Crippen molar-refractivity contribution < 1.29 is 9.69 Å². The Labute approximate surface area is 167 Å². The number of anilines is 1. The minimum atomic E-state index is -0.259. The van der Waals surface area contributed by atoms with E-state index in [1.54, 1.807) is 17.8 Å². The van der Waals surface area contributed by atoms with Crippen LogP contribution in [-0.4, -0.2) is 25.3 Å². The Balaban J connectivity index is 2.02. The lowest BCUT2D eigenvalue weighted by Crippen LogP contribution is -3.12. The minimum Gasteiger partial charge on any atom is -0.324 e. The van der Waals surface area contributed by atoms with Crippen molar-refractivity contribution in [2.75, 3.05) is 18.6 Å². The average Bonchev–Trinajstić information content (AvgIpc) is 2.59. The van der Waals surface area contributed by atoms with Crippen LogP contribution in [0.5, 0.6) is 0 Å². The number of likely N-dealkylation sites (N-methyl/N-ethyl adjacent to an activating group) is 1. The van der Waals surface area contributed by atoms with Gasteiger partial charge in [-0.2, -0.15) is 0 Å². The first-order chi connectivity index (χ1) is 11.8. The van der Waals surface area contributed by atoms with Gasteiger partial charge in [0.05, 0.1) is 27.8 Å². The van der Waals surface area contributed by atoms with Crippen LogP contribution >= 0.6 is 46.6 Å². The molecule has 0 aliphatic carbocycles. The summed E-state index contributed by atoms with van der Waals surface area (Å²) in [6.45, 7) is 2.63. The summed E-state index contributed by atoms with van der Waals surface area (Å²) in [5.74, 6) is -0.126. The second kappa shape index (κ2) is 9.15. The number of amides is 1. The fourth-order valence-electron chi connectivity index (χ4n) is 2.30. The number of thioether (sulfide) groups is 1. The van der Waals surface area contributed by atoms with Crippen LogP contribution in [0.4, 0.5) is 5.69 Å². The van der Waals surface area contributed by atoms with Crippen molar-refractivity contribution in [2.45, 2.75) is 24.4 Å². The number of hydrogen-bond donors (Lipinski definition) is 2. The Morgan fingerprint density at radius 2 is 1.72 bits per heavy atom. The highest BCUT2D eigenvalue weighted by atomic mass is 35.5. The van der Waals surface area contributed by atoms with Crippen molar-refractivity contribution in [3.63, 3.8) is 0 Å². The maximum Gasteiger partial charge on any atom is 0.282 e. The third-order valence-electron chi connectivity index (χ3n) is 4.04. The molecule has 0 aliphatic heterocycles. The molecule has 2 aromatic rings. The van der Waals surface area contributed by atoms with E-state index in [0.29, 0.717) is 20.8 Å². The molecule has 2 atom stereocenters. The smallest absolute Gasteiger partial charge is 0.282 e. The van der Waals surface area contributed by atoms with E-state index in [9.17, 15) is 4.79 Å². The fraction of sp³-hybridized carbons (Fsp3) is 0.278. The molecule has 2 N–H and O–H groups in total. The molecule has 1 unspecified atom stereocenters. The van der Waals surface area contributed by atoms with E-state index in [1.807, 2.05) is 20.2 Å². The molecular formula is C18H20Cl3N2OS+. The molecule has 2 rings (SSSR count). The molecule has 0 heterocycles. The first kappa shape index (κ1) is 20.4. The summed E-state index contributed by atoms with van der Waals surface area (Å²) < 4.78 is 0. The maximum atomic E-state index is 12.5. The molecule has 0 radical (unpaired) electrons. The Hall–Kier alpha value is -0.910. The van der Waals surface area contributed by atoms with Gasteiger partial charge in [0.1, 0.15) is 6.54 Å². The number of benzene rings is 2. The third kappa shape index (κ3) is 5.53. The Morgan fingerprint density at radius 3 is 2.32 bits per heavy atom. The van der Waals surface area contributed by atoms with Gasteiger partial charge in [-0.3, -0.25) is 4.79 Å². The second-order valence-electron chi connectivity index (χ2n) is 5.83. The van der Waals surface area contributed by atoms with Crippen LogP contribution < -0.4 is 10.2 Å². The molecule has 0 aromatic heterocycles. The highest BCUT2D eigenvalue weighted by Gasteiger charge is 2.23. The van der Waals surface area contributed by atoms with Gasteiger partial charge in [-0.25, -0.2) is 0 Å². The van der Waals surface area contributed by atoms with E-state index >= 15 is 0 Å². The highest BCUT2D eigenvalue weighted by Crippen LogP contribution is 2.32. The number of quaternary nitrogens is 1. The Bertz CT molecular complexity index is 753. The van der Waals surface area contributed by atoms with Gasteiger partial charge in [0, 0.05) is 10.5 Å². The van der Waals surface area contributed by atoms with Gasteiger partial charge in [-0.15, -0.1) is 11.8 Å². The van der Waals surface area contributed by atoms with Gasteiger partial charge >= 0.3 is 0 Å². The normalized spacial score (nSPS) is 13.4. The lowest BCUT2D eigenvalue weighted by Gasteiger charge is -2.21. The van der Waals surface area contributed by atoms with Gasteiger partial charge < -0.3 is 10.2 Å². The summed E-state index contributed by atoms with van der Waals surface area (Å²) in [6.07, 6.45) is 2.05. The Morgan fingerprint density at radius 1 is 1.12 bits per heavy atom. The van der Waals surface area contributed by atoms with E-state index < -0.39 is 0 Å². The molecule has 0 bridgehead atoms. The molecule has 1 amide bonds. The van der Waals surface area contributed by atoms with Crippen LogP contribution in [0.25, 0.3) is 0 Å². The van der Waals surface area contributed by atoms with Crippen LogP contribution in [0.3, 0.4) is 0 Å². The van der Waals surface area contributed by atoms with E-state index in [0.717, 1.165) is 11.4 Å². The van der Waals surface area contributed by atoms with Crippen molar-refractivity contribution in [1.82, 2.24) is 0 Å². The van der Waals surface area contributed by atoms with Crippen LogP contribution in [0, 0.1) is 0 Å². The summed E-state index contributed by atoms with van der Waals surface area (Å²) in [5.41, 5.74) is 1.65. The van der Waals surface area contributed by atoms with E-state index in [-0.39, 0.29) is 11.9 Å². The summed E-state index contributed by atoms with van der Waals surface area (Å²) in [7, 11) is 1.99. The molecule has 2 aromatic carbocycles. The van der Waals surface area contributed by atoms with Crippen LogP contribution in [0.1, 0.15) is 12.5 Å². The predicted octanol–water partition coefficient (Wildman–Crippen LogP) is 4.41. The van der Waals surface area contributed by atoms with Crippen LogP contribution in [-0.2, 0) is 11.3 Å². The van der Waals surface area contributed by atoms with E-state index in [1.165, 1.54) is 16.5 Å². The molecule has 0 aliphatic rings. The first-order valence-corrected chi connectivity index (χ1v) is 10.1. The number of carbonyl (C=O) groups is 1. The van der Waals surface area contributed by atoms with Gasteiger partial charge in [0.25, 0.3) is 5.91 Å². The summed E-state index contributed by atoms with van der Waals surface area (Å²) >= 11 is 19.7. The molecule has 3 nitrogen and oxygen atoms in total. The third-order valence-corrected chi connectivity index (χ3v) is 5.82. The van der Waals surface area contributed by atoms with Crippen molar-refractivity contribution in [2.24, 2.45) is 0 Å². The minimum absolute atomic E-state index is 0.126. The first-order valence-electron chi connectivity index (χ1n) is 7.72. The van der Waals surface area contributed by atoms with Crippen molar-refractivity contribution in [1.29, 1.82) is 0 Å². The molecule has 0 saturated heterocycles. The zero-order chi connectivity index (χ0) is 18.6. The number of hydrogen-bond acceptors (Lipinski definition) is 2. The van der Waals surface area contributed by atoms with Crippen LogP contribution in [0.15, 0.2) is 41.3 Å². The molecule has 0 fully saturated rings. The zero-order valence-corrected chi connectivity index (χ0v) is 17.3. The van der Waals surface area contributed by atoms with E-state index in [2.05, 4.69) is 29.6 Å².